The summed E-state index contributed by atoms with van der Waals surface area (Å²) in [6.07, 6.45) is 1.78. The van der Waals surface area contributed by atoms with Gasteiger partial charge in [-0.3, -0.25) is 9.78 Å². The van der Waals surface area contributed by atoms with Gasteiger partial charge >= 0.3 is 0 Å². The molecule has 1 rings (SSSR count). The number of aryl methyl sites for hydroxylation is 1. The van der Waals surface area contributed by atoms with Crippen molar-refractivity contribution in [2.75, 3.05) is 0 Å². The first-order valence-corrected chi connectivity index (χ1v) is 4.96. The largest absolute Gasteiger partial charge is 0.393 e. The average molecular weight is 223 g/mol. The van der Waals surface area contributed by atoms with Crippen molar-refractivity contribution >= 4 is 23.1 Å². The maximum absolute atomic E-state index is 11.2. The highest BCUT2D eigenvalue weighted by atomic mass is 32.1. The molecular weight excluding hydrogens is 210 g/mol. The first kappa shape index (κ1) is 11.6. The lowest BCUT2D eigenvalue weighted by atomic mass is 10.2. The molecule has 0 spiro atoms. The number of carbonyl (C=O) groups is 1. The third kappa shape index (κ3) is 4.03. The monoisotopic (exact) mass is 223 g/mol. The Morgan fingerprint density at radius 1 is 1.67 bits per heavy atom. The summed E-state index contributed by atoms with van der Waals surface area (Å²) in [5.41, 5.74) is 7.15. The molecule has 0 bridgehead atoms. The van der Waals surface area contributed by atoms with Gasteiger partial charge in [-0.2, -0.15) is 0 Å². The van der Waals surface area contributed by atoms with E-state index in [1.54, 1.807) is 6.20 Å². The molecule has 0 aliphatic rings. The second kappa shape index (κ2) is 5.41. The zero-order chi connectivity index (χ0) is 11.3. The summed E-state index contributed by atoms with van der Waals surface area (Å²) in [5, 5.41) is 2.70. The van der Waals surface area contributed by atoms with Crippen LogP contribution < -0.4 is 11.1 Å². The Kier molecular flexibility index (Phi) is 4.17. The van der Waals surface area contributed by atoms with E-state index in [0.717, 1.165) is 11.3 Å². The Morgan fingerprint density at radius 2 is 2.40 bits per heavy atom. The summed E-state index contributed by atoms with van der Waals surface area (Å²) in [5.74, 6) is -0.174. The van der Waals surface area contributed by atoms with Crippen LogP contribution in [0.3, 0.4) is 0 Å². The van der Waals surface area contributed by atoms with Gasteiger partial charge in [-0.1, -0.05) is 18.3 Å². The van der Waals surface area contributed by atoms with Crippen molar-refractivity contribution in [2.24, 2.45) is 5.73 Å². The average Bonchev–Trinajstić information content (AvgIpc) is 2.15. The third-order valence-electron chi connectivity index (χ3n) is 1.91. The van der Waals surface area contributed by atoms with Crippen LogP contribution in [0.4, 0.5) is 0 Å². The van der Waals surface area contributed by atoms with Crippen molar-refractivity contribution in [1.29, 1.82) is 0 Å². The van der Waals surface area contributed by atoms with Crippen molar-refractivity contribution in [3.63, 3.8) is 0 Å². The molecule has 15 heavy (non-hydrogen) atoms. The van der Waals surface area contributed by atoms with Crippen molar-refractivity contribution in [2.45, 2.75) is 19.9 Å². The van der Waals surface area contributed by atoms with Crippen molar-refractivity contribution in [3.05, 3.63) is 29.6 Å². The molecule has 4 nitrogen and oxygen atoms in total. The molecule has 0 saturated heterocycles. The second-order valence-corrected chi connectivity index (χ2v) is 3.71. The number of nitrogens with zero attached hydrogens (tertiary/aromatic N) is 1. The molecule has 1 aromatic rings. The number of aromatic nitrogens is 1. The molecule has 1 amide bonds. The topological polar surface area (TPSA) is 68.0 Å². The van der Waals surface area contributed by atoms with Gasteiger partial charge in [0, 0.05) is 6.20 Å². The molecule has 5 heteroatoms. The number of amides is 1. The van der Waals surface area contributed by atoms with E-state index in [1.165, 1.54) is 0 Å². The van der Waals surface area contributed by atoms with Crippen molar-refractivity contribution < 1.29 is 4.79 Å². The molecule has 0 aliphatic heterocycles. The van der Waals surface area contributed by atoms with Gasteiger partial charge in [0.2, 0.25) is 5.91 Å². The highest BCUT2D eigenvalue weighted by molar-refractivity contribution is 7.80. The fraction of sp³-hybridized carbons (Fsp3) is 0.300. The van der Waals surface area contributed by atoms with Gasteiger partial charge in [-0.15, -0.1) is 0 Å². The van der Waals surface area contributed by atoms with Crippen LogP contribution in [-0.4, -0.2) is 15.9 Å². The summed E-state index contributed by atoms with van der Waals surface area (Å²) >= 11 is 4.63. The molecule has 0 atom stereocenters. The molecule has 0 radical (unpaired) electrons. The predicted molar refractivity (Wildman–Crippen MR) is 62.2 cm³/mol. The maximum atomic E-state index is 11.2. The Labute approximate surface area is 93.9 Å². The zero-order valence-corrected chi connectivity index (χ0v) is 9.30. The van der Waals surface area contributed by atoms with Crippen LogP contribution in [0.2, 0.25) is 0 Å². The Balaban J connectivity index is 2.47. The fourth-order valence-electron chi connectivity index (χ4n) is 1.11. The normalized spacial score (nSPS) is 9.67. The van der Waals surface area contributed by atoms with Crippen LogP contribution in [-0.2, 0) is 11.3 Å². The number of nitrogens with one attached hydrogen (secondary N) is 1. The summed E-state index contributed by atoms with van der Waals surface area (Å²) < 4.78 is 0. The van der Waals surface area contributed by atoms with E-state index in [0.29, 0.717) is 6.54 Å². The van der Waals surface area contributed by atoms with E-state index in [1.807, 2.05) is 19.1 Å². The van der Waals surface area contributed by atoms with Gasteiger partial charge in [0.25, 0.3) is 0 Å². The van der Waals surface area contributed by atoms with E-state index in [-0.39, 0.29) is 17.3 Å². The van der Waals surface area contributed by atoms with Crippen molar-refractivity contribution in [3.8, 4) is 0 Å². The highest BCUT2D eigenvalue weighted by Crippen LogP contribution is 2.02. The molecule has 1 aromatic heterocycles. The van der Waals surface area contributed by atoms with Crippen LogP contribution in [0, 0.1) is 6.92 Å². The van der Waals surface area contributed by atoms with Crippen LogP contribution in [0.25, 0.3) is 0 Å². The first-order valence-electron chi connectivity index (χ1n) is 4.55. The van der Waals surface area contributed by atoms with E-state index in [2.05, 4.69) is 22.5 Å². The quantitative estimate of drug-likeness (QED) is 0.737. The standard InChI is InChI=1S/C10H13N3OS/c1-7-3-2-4-12-8(7)6-13-10(14)5-9(11)15/h2-4H,5-6H2,1H3,(H2,11,15)(H,13,14). The summed E-state index contributed by atoms with van der Waals surface area (Å²) in [6.45, 7) is 2.36. The second-order valence-electron chi connectivity index (χ2n) is 3.19. The number of hydrogen-bond donors (Lipinski definition) is 2. The minimum atomic E-state index is -0.174. The van der Waals surface area contributed by atoms with Gasteiger partial charge in [-0.05, 0) is 18.6 Å². The van der Waals surface area contributed by atoms with E-state index in [9.17, 15) is 4.79 Å². The molecule has 3 N–H and O–H groups in total. The minimum Gasteiger partial charge on any atom is -0.393 e. The van der Waals surface area contributed by atoms with Gasteiger partial charge < -0.3 is 11.1 Å². The van der Waals surface area contributed by atoms with Crippen LogP contribution in [0.5, 0.6) is 0 Å². The lowest BCUT2D eigenvalue weighted by Crippen LogP contribution is -2.27. The fourth-order valence-corrected chi connectivity index (χ4v) is 1.24. The number of carbonyl (C=O) groups excluding carboxylic acids is 1. The molecule has 80 valence electrons. The zero-order valence-electron chi connectivity index (χ0n) is 8.49. The minimum absolute atomic E-state index is 0.0845. The lowest BCUT2D eigenvalue weighted by molar-refractivity contribution is -0.120. The van der Waals surface area contributed by atoms with Crippen molar-refractivity contribution in [1.82, 2.24) is 10.3 Å². The Hall–Kier alpha value is -1.49. The molecular formula is C10H13N3OS. The van der Waals surface area contributed by atoms with Gasteiger partial charge in [0.05, 0.1) is 23.6 Å². The Bertz CT molecular complexity index is 379. The molecule has 0 saturated carbocycles. The number of thiocarbonyl (C=S) groups is 1. The molecule has 0 aromatic carbocycles. The Morgan fingerprint density at radius 3 is 3.00 bits per heavy atom. The molecule has 0 unspecified atom stereocenters. The summed E-state index contributed by atoms with van der Waals surface area (Å²) in [7, 11) is 0. The van der Waals surface area contributed by atoms with E-state index in [4.69, 9.17) is 5.73 Å². The van der Waals surface area contributed by atoms with Gasteiger partial charge in [-0.25, -0.2) is 0 Å². The predicted octanol–water partition coefficient (Wildman–Crippen LogP) is 0.682. The van der Waals surface area contributed by atoms with Crippen LogP contribution >= 0.6 is 12.2 Å². The number of hydrogen-bond acceptors (Lipinski definition) is 3. The lowest BCUT2D eigenvalue weighted by Gasteiger charge is -2.06. The molecule has 0 aliphatic carbocycles. The maximum Gasteiger partial charge on any atom is 0.227 e. The first-order chi connectivity index (χ1) is 7.09. The number of nitrogens with two attached hydrogens (primary N) is 1. The summed E-state index contributed by atoms with van der Waals surface area (Å²) in [4.78, 5) is 15.6. The van der Waals surface area contributed by atoms with E-state index >= 15 is 0 Å². The van der Waals surface area contributed by atoms with E-state index < -0.39 is 0 Å². The highest BCUT2D eigenvalue weighted by Gasteiger charge is 2.04. The third-order valence-corrected chi connectivity index (χ3v) is 2.05. The number of rotatable bonds is 4. The smallest absolute Gasteiger partial charge is 0.227 e. The molecule has 0 fully saturated rings. The number of pyridine rings is 1. The van der Waals surface area contributed by atoms with Gasteiger partial charge in [0.15, 0.2) is 0 Å². The SMILES string of the molecule is Cc1cccnc1CNC(=O)CC(N)=S. The van der Waals surface area contributed by atoms with Crippen LogP contribution in [0.1, 0.15) is 17.7 Å². The van der Waals surface area contributed by atoms with Gasteiger partial charge in [0.1, 0.15) is 0 Å². The van der Waals surface area contributed by atoms with Crippen LogP contribution in [0.15, 0.2) is 18.3 Å². The molecule has 1 heterocycles. The summed E-state index contributed by atoms with van der Waals surface area (Å²) in [6, 6.07) is 3.80.